The van der Waals surface area contributed by atoms with Crippen molar-refractivity contribution < 1.29 is 10.2 Å². The van der Waals surface area contributed by atoms with Crippen molar-refractivity contribution in [1.29, 1.82) is 0 Å². The third kappa shape index (κ3) is 3.31. The fourth-order valence-electron chi connectivity index (χ4n) is 1.37. The maximum absolute atomic E-state index is 8.83. The molecule has 1 aliphatic heterocycles. The summed E-state index contributed by atoms with van der Waals surface area (Å²) in [6, 6.07) is 0.349. The van der Waals surface area contributed by atoms with E-state index < -0.39 is 0 Å². The molecule has 1 fully saturated rings. The Morgan fingerprint density at radius 1 is 1.42 bits per heavy atom. The first-order chi connectivity index (χ1) is 5.86. The van der Waals surface area contributed by atoms with Crippen LogP contribution in [0.2, 0.25) is 0 Å². The van der Waals surface area contributed by atoms with Gasteiger partial charge in [0.2, 0.25) is 0 Å². The molecule has 0 bridgehead atoms. The Labute approximate surface area is 77.5 Å². The topological polar surface area (TPSA) is 52.5 Å². The highest BCUT2D eigenvalue weighted by atomic mass is 32.2. The molecule has 1 heterocycles. The van der Waals surface area contributed by atoms with Crippen LogP contribution in [0, 0.1) is 0 Å². The van der Waals surface area contributed by atoms with Gasteiger partial charge in [-0.15, -0.1) is 0 Å². The van der Waals surface area contributed by atoms with Gasteiger partial charge in [0.25, 0.3) is 0 Å². The zero-order chi connectivity index (χ0) is 8.81. The minimum absolute atomic E-state index is 0.0255. The van der Waals surface area contributed by atoms with Gasteiger partial charge in [-0.25, -0.2) is 0 Å². The van der Waals surface area contributed by atoms with E-state index in [0.29, 0.717) is 6.04 Å². The number of hydrogen-bond donors (Lipinski definition) is 3. The van der Waals surface area contributed by atoms with Gasteiger partial charge < -0.3 is 15.5 Å². The lowest BCUT2D eigenvalue weighted by Gasteiger charge is -2.26. The summed E-state index contributed by atoms with van der Waals surface area (Å²) in [7, 11) is 0. The van der Waals surface area contributed by atoms with Gasteiger partial charge in [0.05, 0.1) is 19.3 Å². The van der Waals surface area contributed by atoms with Gasteiger partial charge in [0.15, 0.2) is 0 Å². The van der Waals surface area contributed by atoms with Crippen LogP contribution in [-0.4, -0.2) is 47.0 Å². The van der Waals surface area contributed by atoms with Crippen LogP contribution in [0.1, 0.15) is 12.8 Å². The molecular formula is C8H17NO2S. The minimum atomic E-state index is -0.131. The van der Waals surface area contributed by atoms with Crippen molar-refractivity contribution >= 4 is 11.8 Å². The van der Waals surface area contributed by atoms with Crippen molar-refractivity contribution in [3.8, 4) is 0 Å². The Morgan fingerprint density at radius 3 is 2.67 bits per heavy atom. The molecule has 0 saturated carbocycles. The summed E-state index contributed by atoms with van der Waals surface area (Å²) < 4.78 is 0. The van der Waals surface area contributed by atoms with E-state index in [0.717, 1.165) is 5.75 Å². The molecule has 0 amide bonds. The van der Waals surface area contributed by atoms with Crippen LogP contribution in [-0.2, 0) is 0 Å². The van der Waals surface area contributed by atoms with Gasteiger partial charge in [-0.1, -0.05) is 0 Å². The first-order valence-corrected chi connectivity index (χ1v) is 5.57. The highest BCUT2D eigenvalue weighted by molar-refractivity contribution is 7.99. The summed E-state index contributed by atoms with van der Waals surface area (Å²) in [5.74, 6) is 2.36. The summed E-state index contributed by atoms with van der Waals surface area (Å²) in [6.45, 7) is 0.0509. The second kappa shape index (κ2) is 5.80. The average molecular weight is 191 g/mol. The Morgan fingerprint density at radius 2 is 2.17 bits per heavy atom. The van der Waals surface area contributed by atoms with E-state index >= 15 is 0 Å². The van der Waals surface area contributed by atoms with Gasteiger partial charge >= 0.3 is 0 Å². The van der Waals surface area contributed by atoms with Gasteiger partial charge in [0.1, 0.15) is 0 Å². The maximum atomic E-state index is 8.83. The molecule has 0 aliphatic carbocycles. The molecule has 0 radical (unpaired) electrons. The van der Waals surface area contributed by atoms with E-state index in [1.807, 2.05) is 11.8 Å². The number of hydrogen-bond acceptors (Lipinski definition) is 4. The average Bonchev–Trinajstić information content (AvgIpc) is 2.16. The first-order valence-electron chi connectivity index (χ1n) is 4.42. The number of thioether (sulfide) groups is 1. The molecule has 12 heavy (non-hydrogen) atoms. The molecule has 1 saturated heterocycles. The molecule has 0 aromatic rings. The molecule has 4 heteroatoms. The molecule has 0 aromatic heterocycles. The predicted octanol–water partition coefficient (Wildman–Crippen LogP) is -0.175. The van der Waals surface area contributed by atoms with Gasteiger partial charge in [-0.2, -0.15) is 11.8 Å². The van der Waals surface area contributed by atoms with E-state index in [1.54, 1.807) is 0 Å². The summed E-state index contributed by atoms with van der Waals surface area (Å²) in [4.78, 5) is 0. The second-order valence-electron chi connectivity index (χ2n) is 3.14. The van der Waals surface area contributed by atoms with Crippen LogP contribution < -0.4 is 5.32 Å². The van der Waals surface area contributed by atoms with Crippen LogP contribution in [0.4, 0.5) is 0 Å². The van der Waals surface area contributed by atoms with Crippen molar-refractivity contribution in [2.24, 2.45) is 0 Å². The van der Waals surface area contributed by atoms with Crippen molar-refractivity contribution in [3.05, 3.63) is 0 Å². The van der Waals surface area contributed by atoms with Gasteiger partial charge in [0, 0.05) is 11.8 Å². The summed E-state index contributed by atoms with van der Waals surface area (Å²) in [6.07, 6.45) is 2.41. The van der Waals surface area contributed by atoms with Gasteiger partial charge in [-0.05, 0) is 18.6 Å². The molecule has 72 valence electrons. The Bertz CT molecular complexity index is 114. The van der Waals surface area contributed by atoms with Crippen molar-refractivity contribution in [2.45, 2.75) is 24.9 Å². The molecule has 1 aliphatic rings. The quantitative estimate of drug-likeness (QED) is 0.577. The smallest absolute Gasteiger partial charge is 0.0607 e. The molecule has 0 unspecified atom stereocenters. The largest absolute Gasteiger partial charge is 0.395 e. The summed E-state index contributed by atoms with van der Waals surface area (Å²) in [5.41, 5.74) is 0. The fourth-order valence-corrected chi connectivity index (χ4v) is 2.45. The standard InChI is InChI=1S/C8H17NO2S/c10-4-8(5-11)9-7-2-1-3-12-6-7/h7-11H,1-6H2/t7-/m0/s1. The van der Waals surface area contributed by atoms with Crippen molar-refractivity contribution in [3.63, 3.8) is 0 Å². The van der Waals surface area contributed by atoms with Crippen LogP contribution >= 0.6 is 11.8 Å². The van der Waals surface area contributed by atoms with E-state index in [-0.39, 0.29) is 19.3 Å². The molecule has 0 aromatic carbocycles. The fraction of sp³-hybridized carbons (Fsp3) is 1.00. The van der Waals surface area contributed by atoms with Crippen LogP contribution in [0.5, 0.6) is 0 Å². The first kappa shape index (κ1) is 10.3. The third-order valence-corrected chi connectivity index (χ3v) is 3.29. The predicted molar refractivity (Wildman–Crippen MR) is 51.4 cm³/mol. The van der Waals surface area contributed by atoms with E-state index in [4.69, 9.17) is 10.2 Å². The normalized spacial score (nSPS) is 24.8. The lowest BCUT2D eigenvalue weighted by molar-refractivity contribution is 0.162. The number of rotatable bonds is 4. The van der Waals surface area contributed by atoms with Crippen LogP contribution in [0.3, 0.4) is 0 Å². The Hall–Kier alpha value is 0.230. The van der Waals surface area contributed by atoms with E-state index in [1.165, 1.54) is 18.6 Å². The molecule has 3 N–H and O–H groups in total. The lowest BCUT2D eigenvalue weighted by Crippen LogP contribution is -2.45. The van der Waals surface area contributed by atoms with E-state index in [9.17, 15) is 0 Å². The number of aliphatic hydroxyl groups is 2. The number of nitrogens with one attached hydrogen (secondary N) is 1. The highest BCUT2D eigenvalue weighted by Crippen LogP contribution is 2.17. The van der Waals surface area contributed by atoms with Crippen molar-refractivity contribution in [2.75, 3.05) is 24.7 Å². The Balaban J connectivity index is 2.18. The third-order valence-electron chi connectivity index (χ3n) is 2.07. The maximum Gasteiger partial charge on any atom is 0.0607 e. The van der Waals surface area contributed by atoms with Crippen LogP contribution in [0.15, 0.2) is 0 Å². The monoisotopic (exact) mass is 191 g/mol. The zero-order valence-electron chi connectivity index (χ0n) is 7.20. The van der Waals surface area contributed by atoms with E-state index in [2.05, 4.69) is 5.32 Å². The van der Waals surface area contributed by atoms with Crippen LogP contribution in [0.25, 0.3) is 0 Å². The summed E-state index contributed by atoms with van der Waals surface area (Å²) >= 11 is 1.94. The van der Waals surface area contributed by atoms with Crippen molar-refractivity contribution in [1.82, 2.24) is 5.32 Å². The molecule has 3 nitrogen and oxygen atoms in total. The lowest BCUT2D eigenvalue weighted by atomic mass is 10.1. The molecule has 1 rings (SSSR count). The zero-order valence-corrected chi connectivity index (χ0v) is 8.02. The Kier molecular flexibility index (Phi) is 4.99. The highest BCUT2D eigenvalue weighted by Gasteiger charge is 2.16. The number of aliphatic hydroxyl groups excluding tert-OH is 2. The molecule has 0 spiro atoms. The minimum Gasteiger partial charge on any atom is -0.395 e. The summed E-state index contributed by atoms with van der Waals surface area (Å²) in [5, 5.41) is 20.9. The second-order valence-corrected chi connectivity index (χ2v) is 4.29. The van der Waals surface area contributed by atoms with Gasteiger partial charge in [-0.3, -0.25) is 0 Å². The molecular weight excluding hydrogens is 174 g/mol. The SMILES string of the molecule is OCC(CO)N[C@H]1CCCSC1. The molecule has 1 atom stereocenters.